The van der Waals surface area contributed by atoms with Gasteiger partial charge in [-0.2, -0.15) is 0 Å². The molecule has 0 radical (unpaired) electrons. The molecule has 0 bridgehead atoms. The van der Waals surface area contributed by atoms with Gasteiger partial charge in [-0.1, -0.05) is 6.58 Å². The van der Waals surface area contributed by atoms with Crippen molar-refractivity contribution in [1.29, 1.82) is 0 Å². The number of anilines is 2. The van der Waals surface area contributed by atoms with Crippen molar-refractivity contribution < 1.29 is 32.5 Å². The van der Waals surface area contributed by atoms with Gasteiger partial charge in [0.2, 0.25) is 5.91 Å². The summed E-state index contributed by atoms with van der Waals surface area (Å²) >= 11 is 0. The molecule has 42 heavy (non-hydrogen) atoms. The van der Waals surface area contributed by atoms with Crippen molar-refractivity contribution in [3.8, 4) is 22.8 Å². The standard InChI is InChI=1S/C30H35F2N5O5/c1-6-25(38)35-21-16-42-15-20(21)34-24-12-18-17(14-33-24)11-19(26-27(31)22(39-3)13-23(40-4)28(26)32)36-29(18)37-9-7-30(2,41-5)8-10-37/h6,11-14,20-21H,1,7-10,15-16H2,2-5H3,(H,33,34)(H,35,38)/t20-,21+/m1/s1. The molecule has 12 heteroatoms. The van der Waals surface area contributed by atoms with Gasteiger partial charge in [0, 0.05) is 43.2 Å². The minimum atomic E-state index is -0.876. The predicted molar refractivity (Wildman–Crippen MR) is 155 cm³/mol. The van der Waals surface area contributed by atoms with E-state index >= 15 is 8.78 Å². The number of hydrogen-bond donors (Lipinski definition) is 2. The zero-order valence-corrected chi connectivity index (χ0v) is 24.1. The summed E-state index contributed by atoms with van der Waals surface area (Å²) in [5.41, 5.74) is -0.535. The first kappa shape index (κ1) is 29.5. The molecule has 2 aliphatic rings. The second-order valence-corrected chi connectivity index (χ2v) is 10.7. The summed E-state index contributed by atoms with van der Waals surface area (Å²) in [6, 6.07) is 4.14. The van der Waals surface area contributed by atoms with Gasteiger partial charge in [-0.25, -0.2) is 18.7 Å². The first-order valence-corrected chi connectivity index (χ1v) is 13.7. The van der Waals surface area contributed by atoms with E-state index in [1.165, 1.54) is 26.4 Å². The third-order valence-corrected chi connectivity index (χ3v) is 8.06. The van der Waals surface area contributed by atoms with E-state index in [4.69, 9.17) is 23.9 Å². The highest BCUT2D eigenvalue weighted by atomic mass is 19.1. The van der Waals surface area contributed by atoms with E-state index in [-0.39, 0.29) is 46.3 Å². The number of halogens is 2. The molecule has 2 aliphatic heterocycles. The number of ether oxygens (including phenoxy) is 4. The van der Waals surface area contributed by atoms with Crippen LogP contribution in [0.25, 0.3) is 22.0 Å². The van der Waals surface area contributed by atoms with Crippen molar-refractivity contribution in [3.63, 3.8) is 0 Å². The van der Waals surface area contributed by atoms with Crippen LogP contribution in [0.5, 0.6) is 11.5 Å². The van der Waals surface area contributed by atoms with Crippen molar-refractivity contribution in [2.24, 2.45) is 0 Å². The maximum absolute atomic E-state index is 15.5. The van der Waals surface area contributed by atoms with Gasteiger partial charge in [0.1, 0.15) is 11.6 Å². The van der Waals surface area contributed by atoms with Crippen molar-refractivity contribution in [3.05, 3.63) is 48.7 Å². The van der Waals surface area contributed by atoms with E-state index in [9.17, 15) is 4.79 Å². The molecule has 5 rings (SSSR count). The Labute approximate surface area is 243 Å². The summed E-state index contributed by atoms with van der Waals surface area (Å²) in [6.07, 6.45) is 4.34. The quantitative estimate of drug-likeness (QED) is 0.361. The summed E-state index contributed by atoms with van der Waals surface area (Å²) in [5.74, 6) is -1.25. The van der Waals surface area contributed by atoms with Crippen LogP contribution >= 0.6 is 0 Å². The third kappa shape index (κ3) is 5.68. The van der Waals surface area contributed by atoms with Crippen LogP contribution in [-0.4, -0.2) is 81.2 Å². The molecule has 10 nitrogen and oxygen atoms in total. The van der Waals surface area contributed by atoms with Gasteiger partial charge in [-0.3, -0.25) is 4.79 Å². The lowest BCUT2D eigenvalue weighted by Gasteiger charge is -2.39. The first-order valence-electron chi connectivity index (χ1n) is 13.7. The number of benzene rings is 1. The number of carbonyl (C=O) groups is 1. The lowest BCUT2D eigenvalue weighted by atomic mass is 9.93. The largest absolute Gasteiger partial charge is 0.494 e. The van der Waals surface area contributed by atoms with E-state index < -0.39 is 11.6 Å². The lowest BCUT2D eigenvalue weighted by Crippen LogP contribution is -2.45. The molecule has 0 saturated carbocycles. The number of pyridine rings is 2. The molecule has 1 aromatic carbocycles. The van der Waals surface area contributed by atoms with Gasteiger partial charge in [0.05, 0.1) is 56.4 Å². The van der Waals surface area contributed by atoms with Gasteiger partial charge in [-0.05, 0) is 38.0 Å². The number of nitrogens with one attached hydrogen (secondary N) is 2. The Hall–Kier alpha value is -4.03. The van der Waals surface area contributed by atoms with E-state index in [2.05, 4.69) is 34.0 Å². The fourth-order valence-corrected chi connectivity index (χ4v) is 5.35. The molecule has 1 amide bonds. The monoisotopic (exact) mass is 583 g/mol. The highest BCUT2D eigenvalue weighted by molar-refractivity contribution is 5.96. The highest BCUT2D eigenvalue weighted by Crippen LogP contribution is 2.40. The zero-order chi connectivity index (χ0) is 30.0. The average molecular weight is 584 g/mol. The number of fused-ring (bicyclic) bond motifs is 1. The minimum Gasteiger partial charge on any atom is -0.494 e. The maximum Gasteiger partial charge on any atom is 0.243 e. The molecule has 2 saturated heterocycles. The SMILES string of the molecule is C=CC(=O)N[C@H]1COC[C@H]1Nc1cc2c(N3CCC(C)(OC)CC3)nc(-c3c(F)c(OC)cc(OC)c3F)cc2cn1. The molecule has 4 heterocycles. The normalized spacial score (nSPS) is 19.9. The number of hydrogen-bond acceptors (Lipinski definition) is 9. The number of amides is 1. The molecule has 2 fully saturated rings. The van der Waals surface area contributed by atoms with Crippen LogP contribution in [0.2, 0.25) is 0 Å². The molecule has 0 aliphatic carbocycles. The van der Waals surface area contributed by atoms with Gasteiger partial charge < -0.3 is 34.5 Å². The van der Waals surface area contributed by atoms with Crippen LogP contribution in [0.15, 0.2) is 37.1 Å². The maximum atomic E-state index is 15.5. The Bertz CT molecular complexity index is 1470. The second kappa shape index (κ2) is 12.1. The molecular formula is C30H35F2N5O5. The van der Waals surface area contributed by atoms with Gasteiger partial charge in [0.25, 0.3) is 0 Å². The molecule has 2 N–H and O–H groups in total. The number of nitrogens with zero attached hydrogens (tertiary/aromatic N) is 3. The summed E-state index contributed by atoms with van der Waals surface area (Å²) < 4.78 is 52.7. The van der Waals surface area contributed by atoms with Crippen LogP contribution in [0.1, 0.15) is 19.8 Å². The Kier molecular flexibility index (Phi) is 8.46. The van der Waals surface area contributed by atoms with E-state index in [0.717, 1.165) is 18.2 Å². The zero-order valence-electron chi connectivity index (χ0n) is 24.1. The summed E-state index contributed by atoms with van der Waals surface area (Å²) in [4.78, 5) is 23.4. The summed E-state index contributed by atoms with van der Waals surface area (Å²) in [5, 5.41) is 7.61. The van der Waals surface area contributed by atoms with E-state index in [1.807, 2.05) is 6.07 Å². The molecule has 0 unspecified atom stereocenters. The number of methoxy groups -OCH3 is 3. The van der Waals surface area contributed by atoms with Crippen molar-refractivity contribution >= 4 is 28.3 Å². The van der Waals surface area contributed by atoms with E-state index in [0.29, 0.717) is 43.3 Å². The van der Waals surface area contributed by atoms with Gasteiger partial charge >= 0.3 is 0 Å². The van der Waals surface area contributed by atoms with Crippen LogP contribution in [-0.2, 0) is 14.3 Å². The fraction of sp³-hybridized carbons (Fsp3) is 0.433. The topological polar surface area (TPSA) is 107 Å². The average Bonchev–Trinajstić information content (AvgIpc) is 3.43. The van der Waals surface area contributed by atoms with Crippen LogP contribution in [0.3, 0.4) is 0 Å². The third-order valence-electron chi connectivity index (χ3n) is 8.06. The highest BCUT2D eigenvalue weighted by Gasteiger charge is 2.33. The van der Waals surface area contributed by atoms with Crippen LogP contribution < -0.4 is 25.0 Å². The second-order valence-electron chi connectivity index (χ2n) is 10.7. The number of rotatable bonds is 9. The Morgan fingerprint density at radius 3 is 2.38 bits per heavy atom. The number of aromatic nitrogens is 2. The smallest absolute Gasteiger partial charge is 0.243 e. The van der Waals surface area contributed by atoms with Crippen LogP contribution in [0.4, 0.5) is 20.4 Å². The molecule has 2 atom stereocenters. The molecule has 2 aromatic heterocycles. The van der Waals surface area contributed by atoms with Crippen molar-refractivity contribution in [2.75, 3.05) is 57.8 Å². The molecule has 0 spiro atoms. The summed E-state index contributed by atoms with van der Waals surface area (Å²) in [7, 11) is 4.31. The molecule has 224 valence electrons. The molecule has 3 aromatic rings. The van der Waals surface area contributed by atoms with Gasteiger partial charge in [-0.15, -0.1) is 0 Å². The number of piperidine rings is 1. The van der Waals surface area contributed by atoms with E-state index in [1.54, 1.807) is 19.4 Å². The van der Waals surface area contributed by atoms with Gasteiger partial charge in [0.15, 0.2) is 23.1 Å². The molecular weight excluding hydrogens is 548 g/mol. The summed E-state index contributed by atoms with van der Waals surface area (Å²) in [6.45, 7) is 7.56. The lowest BCUT2D eigenvalue weighted by molar-refractivity contribution is -0.117. The Morgan fingerprint density at radius 2 is 1.76 bits per heavy atom. The van der Waals surface area contributed by atoms with Crippen LogP contribution in [0, 0.1) is 11.6 Å². The van der Waals surface area contributed by atoms with Crippen molar-refractivity contribution in [2.45, 2.75) is 37.5 Å². The first-order chi connectivity index (χ1) is 20.2. The number of carbonyl (C=O) groups excluding carboxylic acids is 1. The Balaban J connectivity index is 1.59. The predicted octanol–water partition coefficient (Wildman–Crippen LogP) is 4.08. The minimum absolute atomic E-state index is 0.0867. The fourth-order valence-electron chi connectivity index (χ4n) is 5.35. The Morgan fingerprint density at radius 1 is 1.10 bits per heavy atom. The van der Waals surface area contributed by atoms with Crippen molar-refractivity contribution in [1.82, 2.24) is 15.3 Å².